The number of methoxy groups -OCH3 is 1. The van der Waals surface area contributed by atoms with Crippen molar-refractivity contribution in [3.8, 4) is 5.75 Å². The van der Waals surface area contributed by atoms with Gasteiger partial charge in [-0.15, -0.1) is 0 Å². The zero-order chi connectivity index (χ0) is 25.2. The van der Waals surface area contributed by atoms with E-state index in [2.05, 4.69) is 15.4 Å². The molecule has 5 aromatic rings. The number of amides is 1. The van der Waals surface area contributed by atoms with E-state index < -0.39 is 11.5 Å². The Hall–Kier alpha value is -4.80. The van der Waals surface area contributed by atoms with Crippen molar-refractivity contribution in [3.63, 3.8) is 0 Å². The number of ether oxygens (including phenoxy) is 1. The van der Waals surface area contributed by atoms with Gasteiger partial charge in [0.05, 0.1) is 26.4 Å². The van der Waals surface area contributed by atoms with Crippen molar-refractivity contribution in [2.24, 2.45) is 0 Å². The average molecular weight is 489 g/mol. The first-order valence-electron chi connectivity index (χ1n) is 11.0. The van der Waals surface area contributed by atoms with Crippen LogP contribution in [0.15, 0.2) is 75.1 Å². The number of rotatable bonds is 7. The van der Waals surface area contributed by atoms with Crippen LogP contribution in [0.5, 0.6) is 5.75 Å². The van der Waals surface area contributed by atoms with E-state index in [0.717, 1.165) is 5.56 Å². The largest absolute Gasteiger partial charge is 0.493 e. The van der Waals surface area contributed by atoms with Crippen molar-refractivity contribution in [1.29, 1.82) is 0 Å². The predicted octanol–water partition coefficient (Wildman–Crippen LogP) is 2.33. The Kier molecular flexibility index (Phi) is 6.03. The summed E-state index contributed by atoms with van der Waals surface area (Å²) < 4.78 is 26.5. The lowest BCUT2D eigenvalue weighted by Gasteiger charge is -2.08. The van der Waals surface area contributed by atoms with Crippen LogP contribution in [0, 0.1) is 5.82 Å². The Bertz CT molecular complexity index is 1700. The molecule has 0 unspecified atom stereocenters. The third-order valence-corrected chi connectivity index (χ3v) is 5.69. The van der Waals surface area contributed by atoms with Crippen LogP contribution in [0.3, 0.4) is 0 Å². The molecule has 11 heteroatoms. The number of hydrogen-bond acceptors (Lipinski definition) is 7. The zero-order valence-electron chi connectivity index (χ0n) is 19.1. The van der Waals surface area contributed by atoms with Crippen LogP contribution in [0.2, 0.25) is 0 Å². The van der Waals surface area contributed by atoms with Crippen molar-refractivity contribution in [2.45, 2.75) is 13.1 Å². The van der Waals surface area contributed by atoms with Gasteiger partial charge in [0.2, 0.25) is 0 Å². The molecule has 3 aromatic heterocycles. The molecular formula is C25H20FN5O5. The average Bonchev–Trinajstić information content (AvgIpc) is 3.30. The Labute approximate surface area is 202 Å². The second-order valence-corrected chi connectivity index (χ2v) is 7.99. The first kappa shape index (κ1) is 23.0. The lowest BCUT2D eigenvalue weighted by atomic mass is 10.1. The van der Waals surface area contributed by atoms with E-state index in [0.29, 0.717) is 22.2 Å². The smallest absolute Gasteiger partial charge is 0.349 e. The minimum Gasteiger partial charge on any atom is -0.493 e. The number of aromatic nitrogens is 4. The molecule has 0 fully saturated rings. The molecule has 0 saturated heterocycles. The van der Waals surface area contributed by atoms with Gasteiger partial charge in [0, 0.05) is 11.9 Å². The van der Waals surface area contributed by atoms with Gasteiger partial charge < -0.3 is 14.5 Å². The van der Waals surface area contributed by atoms with Crippen molar-refractivity contribution in [2.75, 3.05) is 13.7 Å². The molecule has 10 nitrogen and oxygen atoms in total. The van der Waals surface area contributed by atoms with E-state index in [4.69, 9.17) is 9.15 Å². The van der Waals surface area contributed by atoms with E-state index in [1.165, 1.54) is 47.1 Å². The Morgan fingerprint density at radius 2 is 1.97 bits per heavy atom. The summed E-state index contributed by atoms with van der Waals surface area (Å²) in [5.74, 6) is -0.555. The maximum absolute atomic E-state index is 13.1. The summed E-state index contributed by atoms with van der Waals surface area (Å²) in [5.41, 5.74) is 0.179. The summed E-state index contributed by atoms with van der Waals surface area (Å²) in [6.45, 7) is 0.589. The number of hydrogen-bond donors (Lipinski definition) is 1. The third kappa shape index (κ3) is 4.33. The number of halogens is 1. The van der Waals surface area contributed by atoms with Crippen LogP contribution >= 0.6 is 0 Å². The van der Waals surface area contributed by atoms with E-state index in [1.807, 2.05) is 0 Å². The minimum absolute atomic E-state index is 0.131. The van der Waals surface area contributed by atoms with E-state index >= 15 is 0 Å². The molecule has 36 heavy (non-hydrogen) atoms. The first-order valence-corrected chi connectivity index (χ1v) is 11.0. The second-order valence-electron chi connectivity index (χ2n) is 7.99. The standard InChI is InChI=1S/C25H20FN5O5/c1-35-20-4-2-3-16-11-18(25(34)36-21(16)20)23(32)27-9-10-31-22-19(12-29-31)24(33)30(14-28-22)13-15-5-7-17(26)8-6-15/h2-8,11-12,14H,9-10,13H2,1H3,(H,27,32). The van der Waals surface area contributed by atoms with E-state index in [-0.39, 0.29) is 42.2 Å². The molecule has 0 spiro atoms. The molecule has 2 aromatic carbocycles. The van der Waals surface area contributed by atoms with Gasteiger partial charge in [-0.05, 0) is 29.8 Å². The second kappa shape index (κ2) is 9.45. The summed E-state index contributed by atoms with van der Waals surface area (Å²) in [6, 6.07) is 12.4. The molecule has 182 valence electrons. The highest BCUT2D eigenvalue weighted by molar-refractivity contribution is 5.97. The number of benzene rings is 2. The molecule has 0 aliphatic rings. The molecule has 1 amide bonds. The number of fused-ring (bicyclic) bond motifs is 2. The molecule has 0 radical (unpaired) electrons. The van der Waals surface area contributed by atoms with Gasteiger partial charge in [0.25, 0.3) is 11.5 Å². The first-order chi connectivity index (χ1) is 17.4. The quantitative estimate of drug-likeness (QED) is 0.348. The fourth-order valence-corrected chi connectivity index (χ4v) is 3.87. The summed E-state index contributed by atoms with van der Waals surface area (Å²) in [5, 5.41) is 7.74. The molecule has 0 saturated carbocycles. The van der Waals surface area contributed by atoms with Crippen LogP contribution in [-0.2, 0) is 13.1 Å². The molecule has 0 aliphatic heterocycles. The SMILES string of the molecule is COc1cccc2cc(C(=O)NCCn3ncc4c(=O)n(Cc5ccc(F)cc5)cnc43)c(=O)oc12. The van der Waals surface area contributed by atoms with Crippen LogP contribution in [0.4, 0.5) is 4.39 Å². The highest BCUT2D eigenvalue weighted by atomic mass is 19.1. The fourth-order valence-electron chi connectivity index (χ4n) is 3.87. The summed E-state index contributed by atoms with van der Waals surface area (Å²) >= 11 is 0. The Morgan fingerprint density at radius 3 is 2.75 bits per heavy atom. The van der Waals surface area contributed by atoms with Crippen molar-refractivity contribution >= 4 is 27.9 Å². The zero-order valence-corrected chi connectivity index (χ0v) is 19.1. The van der Waals surface area contributed by atoms with Gasteiger partial charge in [0.1, 0.15) is 23.1 Å². The Morgan fingerprint density at radius 1 is 1.17 bits per heavy atom. The van der Waals surface area contributed by atoms with Crippen molar-refractivity contribution in [1.82, 2.24) is 24.6 Å². The third-order valence-electron chi connectivity index (χ3n) is 5.69. The molecule has 0 atom stereocenters. The lowest BCUT2D eigenvalue weighted by Crippen LogP contribution is -2.31. The van der Waals surface area contributed by atoms with Gasteiger partial charge in [-0.3, -0.25) is 14.2 Å². The minimum atomic E-state index is -0.780. The van der Waals surface area contributed by atoms with Crippen molar-refractivity contribution in [3.05, 3.63) is 98.8 Å². The molecule has 5 rings (SSSR count). The normalized spacial score (nSPS) is 11.2. The number of carbonyl (C=O) groups excluding carboxylic acids is 1. The van der Waals surface area contributed by atoms with E-state index in [9.17, 15) is 18.8 Å². The van der Waals surface area contributed by atoms with Gasteiger partial charge in [-0.2, -0.15) is 5.10 Å². The number of carbonyl (C=O) groups is 1. The fraction of sp³-hybridized carbons (Fsp3) is 0.160. The molecule has 3 heterocycles. The van der Waals surface area contributed by atoms with Crippen LogP contribution in [0.1, 0.15) is 15.9 Å². The number of para-hydroxylation sites is 1. The molecule has 0 aliphatic carbocycles. The topological polar surface area (TPSA) is 121 Å². The van der Waals surface area contributed by atoms with Gasteiger partial charge in [-0.1, -0.05) is 24.3 Å². The molecule has 0 bridgehead atoms. The summed E-state index contributed by atoms with van der Waals surface area (Å²) in [6.07, 6.45) is 2.82. The van der Waals surface area contributed by atoms with Gasteiger partial charge in [0.15, 0.2) is 17.0 Å². The van der Waals surface area contributed by atoms with Gasteiger partial charge >= 0.3 is 5.63 Å². The van der Waals surface area contributed by atoms with Crippen LogP contribution in [-0.4, -0.2) is 38.9 Å². The lowest BCUT2D eigenvalue weighted by molar-refractivity contribution is 0.0948. The van der Waals surface area contributed by atoms with Gasteiger partial charge in [-0.25, -0.2) is 18.9 Å². The Balaban J connectivity index is 1.29. The number of nitrogens with zero attached hydrogens (tertiary/aromatic N) is 4. The highest BCUT2D eigenvalue weighted by Crippen LogP contribution is 2.24. The van der Waals surface area contributed by atoms with E-state index in [1.54, 1.807) is 30.3 Å². The number of nitrogens with one attached hydrogen (secondary N) is 1. The molecular weight excluding hydrogens is 469 g/mol. The highest BCUT2D eigenvalue weighted by Gasteiger charge is 2.16. The monoisotopic (exact) mass is 489 g/mol. The summed E-state index contributed by atoms with van der Waals surface area (Å²) in [4.78, 5) is 42.2. The van der Waals surface area contributed by atoms with Crippen molar-refractivity contribution < 1.29 is 18.3 Å². The van der Waals surface area contributed by atoms with Crippen LogP contribution < -0.4 is 21.2 Å². The maximum Gasteiger partial charge on any atom is 0.349 e. The molecule has 1 N–H and O–H groups in total. The predicted molar refractivity (Wildman–Crippen MR) is 129 cm³/mol. The maximum atomic E-state index is 13.1. The van der Waals surface area contributed by atoms with Crippen LogP contribution in [0.25, 0.3) is 22.0 Å². The summed E-state index contributed by atoms with van der Waals surface area (Å²) in [7, 11) is 1.46.